The highest BCUT2D eigenvalue weighted by Crippen LogP contribution is 2.31. The van der Waals surface area contributed by atoms with Crippen molar-refractivity contribution in [1.29, 1.82) is 0 Å². The Balaban J connectivity index is 1.63. The second kappa shape index (κ2) is 6.29. The van der Waals surface area contributed by atoms with Crippen LogP contribution >= 0.6 is 0 Å². The molecule has 0 radical (unpaired) electrons. The van der Waals surface area contributed by atoms with Gasteiger partial charge in [0.25, 0.3) is 0 Å². The van der Waals surface area contributed by atoms with E-state index in [0.29, 0.717) is 25.8 Å². The second-order valence-electron chi connectivity index (χ2n) is 6.35. The van der Waals surface area contributed by atoms with Crippen molar-refractivity contribution in [3.8, 4) is 0 Å². The number of carbonyl (C=O) groups is 2. The minimum absolute atomic E-state index is 0.0630. The molecule has 2 unspecified atom stereocenters. The van der Waals surface area contributed by atoms with E-state index in [4.69, 9.17) is 0 Å². The van der Waals surface area contributed by atoms with Gasteiger partial charge in [-0.05, 0) is 43.0 Å². The first kappa shape index (κ1) is 16.0. The molecule has 1 saturated heterocycles. The van der Waals surface area contributed by atoms with E-state index in [9.17, 15) is 19.8 Å². The maximum atomic E-state index is 11.7. The number of carboxylic acids is 1. The summed E-state index contributed by atoms with van der Waals surface area (Å²) in [5.41, 5.74) is 2.63. The van der Waals surface area contributed by atoms with E-state index in [0.717, 1.165) is 29.8 Å². The van der Waals surface area contributed by atoms with Crippen molar-refractivity contribution in [1.82, 2.24) is 4.90 Å². The van der Waals surface area contributed by atoms with E-state index in [-0.39, 0.29) is 5.91 Å². The van der Waals surface area contributed by atoms with Crippen molar-refractivity contribution in [2.24, 2.45) is 0 Å². The summed E-state index contributed by atoms with van der Waals surface area (Å²) in [6.07, 6.45) is 1.79. The van der Waals surface area contributed by atoms with Crippen LogP contribution in [0.1, 0.15) is 36.5 Å². The van der Waals surface area contributed by atoms with Crippen LogP contribution in [0.15, 0.2) is 18.2 Å². The van der Waals surface area contributed by atoms with Gasteiger partial charge in [-0.3, -0.25) is 14.5 Å². The SMILES string of the molecule is CN1C(=O)Cc2cc(C(O)CCN3CCCC3C(=O)O)ccc21. The largest absolute Gasteiger partial charge is 0.480 e. The lowest BCUT2D eigenvalue weighted by Gasteiger charge is -2.22. The van der Waals surface area contributed by atoms with E-state index in [1.807, 2.05) is 23.1 Å². The number of carbonyl (C=O) groups excluding carboxylic acids is 1. The van der Waals surface area contributed by atoms with Crippen molar-refractivity contribution in [2.75, 3.05) is 25.0 Å². The number of rotatable bonds is 5. The Bertz CT molecular complexity index is 631. The highest BCUT2D eigenvalue weighted by molar-refractivity contribution is 6.00. The van der Waals surface area contributed by atoms with Gasteiger partial charge in [0, 0.05) is 19.3 Å². The number of hydrogen-bond donors (Lipinski definition) is 2. The third-order valence-corrected chi connectivity index (χ3v) is 4.90. The van der Waals surface area contributed by atoms with Gasteiger partial charge < -0.3 is 15.1 Å². The lowest BCUT2D eigenvalue weighted by molar-refractivity contribution is -0.142. The van der Waals surface area contributed by atoms with Crippen molar-refractivity contribution in [3.63, 3.8) is 0 Å². The smallest absolute Gasteiger partial charge is 0.320 e. The van der Waals surface area contributed by atoms with Crippen LogP contribution in [0.3, 0.4) is 0 Å². The fraction of sp³-hybridized carbons (Fsp3) is 0.529. The summed E-state index contributed by atoms with van der Waals surface area (Å²) in [6, 6.07) is 5.18. The standard InChI is InChI=1S/C17H22N2O4/c1-18-13-5-4-11(9-12(13)10-16(18)21)15(20)6-8-19-7-2-3-14(19)17(22)23/h4-5,9,14-15,20H,2-3,6-8,10H2,1H3,(H,22,23). The minimum atomic E-state index is -0.781. The maximum absolute atomic E-state index is 11.7. The van der Waals surface area contributed by atoms with Crippen LogP contribution < -0.4 is 4.90 Å². The van der Waals surface area contributed by atoms with Crippen molar-refractivity contribution >= 4 is 17.6 Å². The summed E-state index contributed by atoms with van der Waals surface area (Å²) in [7, 11) is 1.75. The molecule has 1 aromatic carbocycles. The second-order valence-corrected chi connectivity index (χ2v) is 6.35. The molecule has 2 atom stereocenters. The maximum Gasteiger partial charge on any atom is 0.320 e. The first-order valence-corrected chi connectivity index (χ1v) is 8.01. The van der Waals surface area contributed by atoms with Gasteiger partial charge in [0.05, 0.1) is 12.5 Å². The normalized spacial score (nSPS) is 22.4. The Morgan fingerprint density at radius 2 is 2.22 bits per heavy atom. The molecule has 2 aliphatic rings. The van der Waals surface area contributed by atoms with E-state index < -0.39 is 18.1 Å². The molecule has 0 aliphatic carbocycles. The fourth-order valence-corrected chi connectivity index (χ4v) is 3.53. The molecule has 2 heterocycles. The average Bonchev–Trinajstić information content (AvgIpc) is 3.10. The molecule has 2 aliphatic heterocycles. The first-order valence-electron chi connectivity index (χ1n) is 8.01. The van der Waals surface area contributed by atoms with Gasteiger partial charge in [-0.15, -0.1) is 0 Å². The number of aliphatic hydroxyl groups is 1. The van der Waals surface area contributed by atoms with E-state index in [1.54, 1.807) is 11.9 Å². The van der Waals surface area contributed by atoms with Crippen LogP contribution in [0.5, 0.6) is 0 Å². The first-order chi connectivity index (χ1) is 11.0. The monoisotopic (exact) mass is 318 g/mol. The number of fused-ring (bicyclic) bond motifs is 1. The van der Waals surface area contributed by atoms with Gasteiger partial charge in [0.15, 0.2) is 0 Å². The van der Waals surface area contributed by atoms with Gasteiger partial charge >= 0.3 is 5.97 Å². The molecule has 1 fully saturated rings. The van der Waals surface area contributed by atoms with Gasteiger partial charge in [-0.1, -0.05) is 12.1 Å². The van der Waals surface area contributed by atoms with Crippen LogP contribution in [0.4, 0.5) is 5.69 Å². The summed E-state index contributed by atoms with van der Waals surface area (Å²) in [4.78, 5) is 26.4. The van der Waals surface area contributed by atoms with Crippen LogP contribution in [0.2, 0.25) is 0 Å². The molecule has 124 valence electrons. The Morgan fingerprint density at radius 1 is 1.43 bits per heavy atom. The number of benzene rings is 1. The van der Waals surface area contributed by atoms with Crippen LogP contribution in [-0.2, 0) is 16.0 Å². The van der Waals surface area contributed by atoms with Crippen LogP contribution in [-0.4, -0.2) is 53.2 Å². The number of amides is 1. The predicted molar refractivity (Wildman–Crippen MR) is 85.4 cm³/mol. The van der Waals surface area contributed by atoms with Crippen LogP contribution in [0.25, 0.3) is 0 Å². The van der Waals surface area contributed by atoms with Gasteiger partial charge in [-0.2, -0.15) is 0 Å². The zero-order valence-corrected chi connectivity index (χ0v) is 13.2. The predicted octanol–water partition coefficient (Wildman–Crippen LogP) is 1.18. The lowest BCUT2D eigenvalue weighted by Crippen LogP contribution is -2.37. The minimum Gasteiger partial charge on any atom is -0.480 e. The van der Waals surface area contributed by atoms with Gasteiger partial charge in [0.1, 0.15) is 6.04 Å². The molecule has 1 amide bonds. The topological polar surface area (TPSA) is 81.1 Å². The molecule has 2 N–H and O–H groups in total. The number of anilines is 1. The van der Waals surface area contributed by atoms with Crippen LogP contribution in [0, 0.1) is 0 Å². The molecule has 6 nitrogen and oxygen atoms in total. The Kier molecular flexibility index (Phi) is 4.37. The quantitative estimate of drug-likeness (QED) is 0.852. The molecular formula is C17H22N2O4. The number of likely N-dealkylation sites (N-methyl/N-ethyl adjacent to an activating group) is 1. The Morgan fingerprint density at radius 3 is 2.96 bits per heavy atom. The van der Waals surface area contributed by atoms with Crippen molar-refractivity contribution in [3.05, 3.63) is 29.3 Å². The molecule has 3 rings (SSSR count). The number of aliphatic hydroxyl groups excluding tert-OH is 1. The molecule has 0 aromatic heterocycles. The number of carboxylic acid groups (broad SMARTS) is 1. The third kappa shape index (κ3) is 3.09. The zero-order chi connectivity index (χ0) is 16.6. The molecule has 23 heavy (non-hydrogen) atoms. The summed E-state index contributed by atoms with van der Waals surface area (Å²) in [5.74, 6) is -0.718. The number of nitrogens with zero attached hydrogens (tertiary/aromatic N) is 2. The molecule has 1 aromatic rings. The summed E-state index contributed by atoms with van der Waals surface area (Å²) in [6.45, 7) is 1.33. The molecular weight excluding hydrogens is 296 g/mol. The number of hydrogen-bond acceptors (Lipinski definition) is 4. The Labute approximate surface area is 135 Å². The molecule has 0 saturated carbocycles. The van der Waals surface area contributed by atoms with Crippen molar-refractivity contribution in [2.45, 2.75) is 37.8 Å². The van der Waals surface area contributed by atoms with Gasteiger partial charge in [-0.25, -0.2) is 0 Å². The molecule has 0 bridgehead atoms. The van der Waals surface area contributed by atoms with E-state index >= 15 is 0 Å². The number of aliphatic carboxylic acids is 1. The highest BCUT2D eigenvalue weighted by Gasteiger charge is 2.30. The zero-order valence-electron chi connectivity index (χ0n) is 13.2. The molecule has 6 heteroatoms. The summed E-state index contributed by atoms with van der Waals surface area (Å²) >= 11 is 0. The van der Waals surface area contributed by atoms with Crippen molar-refractivity contribution < 1.29 is 19.8 Å². The Hall–Kier alpha value is -1.92. The highest BCUT2D eigenvalue weighted by atomic mass is 16.4. The van der Waals surface area contributed by atoms with E-state index in [2.05, 4.69) is 0 Å². The van der Waals surface area contributed by atoms with E-state index in [1.165, 1.54) is 0 Å². The third-order valence-electron chi connectivity index (χ3n) is 4.90. The lowest BCUT2D eigenvalue weighted by atomic mass is 10.0. The average molecular weight is 318 g/mol. The van der Waals surface area contributed by atoms with Gasteiger partial charge in [0.2, 0.25) is 5.91 Å². The number of likely N-dealkylation sites (tertiary alicyclic amines) is 1. The summed E-state index contributed by atoms with van der Waals surface area (Å²) < 4.78 is 0. The fourth-order valence-electron chi connectivity index (χ4n) is 3.53. The summed E-state index contributed by atoms with van der Waals surface area (Å²) in [5, 5.41) is 19.6. The molecule has 0 spiro atoms.